The number of amides is 1. The smallest absolute Gasteiger partial charge is 0.410 e. The summed E-state index contributed by atoms with van der Waals surface area (Å²) in [5.41, 5.74) is 4.52. The van der Waals surface area contributed by atoms with Crippen LogP contribution in [0.5, 0.6) is 5.75 Å². The number of aromatic nitrogens is 3. The number of carbonyl (C=O) groups is 1. The van der Waals surface area contributed by atoms with Crippen molar-refractivity contribution in [3.05, 3.63) is 45.9 Å². The SMILES string of the molecule is CCOC(=O)N1CCOCC1CCc1nc(-c2cc(OC[C@H](O)CNC)ccc2Cl)nc(-c2c(C)noc2C)c1C. The average Bonchev–Trinajstić information content (AvgIpc) is 3.29. The number of halogens is 1. The molecule has 0 spiro atoms. The van der Waals surface area contributed by atoms with E-state index in [0.29, 0.717) is 79.4 Å². The van der Waals surface area contributed by atoms with Crippen molar-refractivity contribution in [3.63, 3.8) is 0 Å². The van der Waals surface area contributed by atoms with Crippen LogP contribution in [0.25, 0.3) is 22.6 Å². The first kappa shape index (κ1) is 30.7. The van der Waals surface area contributed by atoms with Gasteiger partial charge in [0.1, 0.15) is 24.2 Å². The summed E-state index contributed by atoms with van der Waals surface area (Å²) >= 11 is 6.66. The Morgan fingerprint density at radius 1 is 1.29 bits per heavy atom. The van der Waals surface area contributed by atoms with Gasteiger partial charge in [-0.15, -0.1) is 0 Å². The number of aryl methyl sites for hydroxylation is 3. The second-order valence-electron chi connectivity index (χ2n) is 9.99. The summed E-state index contributed by atoms with van der Waals surface area (Å²) in [4.78, 5) is 24.2. The summed E-state index contributed by atoms with van der Waals surface area (Å²) < 4.78 is 22.3. The molecule has 3 aromatic rings. The highest BCUT2D eigenvalue weighted by atomic mass is 35.5. The summed E-state index contributed by atoms with van der Waals surface area (Å²) in [5, 5.41) is 17.6. The van der Waals surface area contributed by atoms with E-state index in [1.54, 1.807) is 37.1 Å². The Bertz CT molecular complexity index is 1330. The van der Waals surface area contributed by atoms with Crippen LogP contribution >= 0.6 is 11.6 Å². The second-order valence-corrected chi connectivity index (χ2v) is 10.4. The fourth-order valence-corrected chi connectivity index (χ4v) is 5.09. The van der Waals surface area contributed by atoms with Crippen molar-refractivity contribution in [2.75, 3.05) is 46.6 Å². The van der Waals surface area contributed by atoms with Gasteiger partial charge in [0, 0.05) is 24.3 Å². The number of nitrogens with zero attached hydrogens (tertiary/aromatic N) is 4. The van der Waals surface area contributed by atoms with Gasteiger partial charge in [-0.2, -0.15) is 0 Å². The minimum Gasteiger partial charge on any atom is -0.491 e. The molecule has 2 atom stereocenters. The van der Waals surface area contributed by atoms with Crippen molar-refractivity contribution in [3.8, 4) is 28.4 Å². The van der Waals surface area contributed by atoms with Gasteiger partial charge in [-0.05, 0) is 71.3 Å². The molecule has 1 amide bonds. The van der Waals surface area contributed by atoms with E-state index in [2.05, 4.69) is 10.5 Å². The first-order valence-electron chi connectivity index (χ1n) is 13.8. The molecule has 1 saturated heterocycles. The number of hydrogen-bond acceptors (Lipinski definition) is 10. The number of morpholine rings is 1. The molecule has 1 unspecified atom stereocenters. The minimum atomic E-state index is -0.662. The topological polar surface area (TPSA) is 132 Å². The third kappa shape index (κ3) is 7.34. The summed E-state index contributed by atoms with van der Waals surface area (Å²) in [7, 11) is 1.77. The molecule has 2 aromatic heterocycles. The van der Waals surface area contributed by atoms with Crippen molar-refractivity contribution in [1.82, 2.24) is 25.3 Å². The second kappa shape index (κ2) is 14.1. The highest BCUT2D eigenvalue weighted by Gasteiger charge is 2.29. The van der Waals surface area contributed by atoms with Crippen LogP contribution in [-0.4, -0.2) is 89.9 Å². The van der Waals surface area contributed by atoms with Crippen molar-refractivity contribution in [2.45, 2.75) is 52.7 Å². The molecule has 0 saturated carbocycles. The Balaban J connectivity index is 1.70. The number of likely N-dealkylation sites (N-methyl/N-ethyl adjacent to an activating group) is 1. The third-order valence-corrected chi connectivity index (χ3v) is 7.35. The van der Waals surface area contributed by atoms with Gasteiger partial charge in [-0.25, -0.2) is 14.8 Å². The summed E-state index contributed by atoms with van der Waals surface area (Å²) in [5.74, 6) is 1.61. The Hall–Kier alpha value is -3.25. The lowest BCUT2D eigenvalue weighted by atomic mass is 9.99. The molecule has 2 N–H and O–H groups in total. The maximum atomic E-state index is 12.6. The van der Waals surface area contributed by atoms with E-state index in [9.17, 15) is 9.90 Å². The first-order valence-corrected chi connectivity index (χ1v) is 14.2. The molecule has 12 heteroatoms. The molecule has 1 aromatic carbocycles. The van der Waals surface area contributed by atoms with E-state index >= 15 is 0 Å². The molecule has 4 rings (SSSR count). The number of aliphatic hydroxyl groups excluding tert-OH is 1. The molecule has 0 aliphatic carbocycles. The van der Waals surface area contributed by atoms with Crippen molar-refractivity contribution in [2.24, 2.45) is 0 Å². The zero-order chi connectivity index (χ0) is 29.5. The zero-order valence-electron chi connectivity index (χ0n) is 24.2. The number of aliphatic hydroxyl groups is 1. The van der Waals surface area contributed by atoms with Crippen LogP contribution < -0.4 is 10.1 Å². The number of ether oxygens (including phenoxy) is 3. The van der Waals surface area contributed by atoms with Crippen molar-refractivity contribution >= 4 is 17.7 Å². The molecular formula is C29H38ClN5O6. The fourth-order valence-electron chi connectivity index (χ4n) is 4.89. The Labute approximate surface area is 245 Å². The molecule has 0 bridgehead atoms. The number of benzene rings is 1. The quantitative estimate of drug-likeness (QED) is 0.337. The first-order chi connectivity index (χ1) is 19.7. The number of rotatable bonds is 11. The van der Waals surface area contributed by atoms with E-state index in [4.69, 9.17) is 40.3 Å². The molecule has 41 heavy (non-hydrogen) atoms. The van der Waals surface area contributed by atoms with Gasteiger partial charge in [0.25, 0.3) is 0 Å². The van der Waals surface area contributed by atoms with E-state index < -0.39 is 6.10 Å². The van der Waals surface area contributed by atoms with Gasteiger partial charge in [0.05, 0.1) is 47.8 Å². The van der Waals surface area contributed by atoms with Crippen LogP contribution in [0.1, 0.15) is 36.1 Å². The Kier molecular flexibility index (Phi) is 10.5. The molecule has 3 heterocycles. The van der Waals surface area contributed by atoms with E-state index in [1.165, 1.54) is 0 Å². The molecule has 11 nitrogen and oxygen atoms in total. The predicted octanol–water partition coefficient (Wildman–Crippen LogP) is 4.13. The minimum absolute atomic E-state index is 0.118. The standard InChI is InChI=1S/C29H38ClN5O6/c1-6-39-29(37)35-11-12-38-15-20(35)7-10-25-17(2)27(26-18(3)34-41-19(26)4)33-28(32-25)23-13-22(8-9-24(23)30)40-16-21(36)14-31-5/h8-9,13,20-21,31,36H,6-7,10-12,14-16H2,1-5H3/t20?,21-/m1/s1. The summed E-state index contributed by atoms with van der Waals surface area (Å²) in [6.45, 7) is 9.73. The highest BCUT2D eigenvalue weighted by molar-refractivity contribution is 6.33. The van der Waals surface area contributed by atoms with Crippen LogP contribution in [0.15, 0.2) is 22.7 Å². The average molecular weight is 588 g/mol. The number of nitrogens with one attached hydrogen (secondary N) is 1. The van der Waals surface area contributed by atoms with Gasteiger partial charge in [-0.3, -0.25) is 0 Å². The van der Waals surface area contributed by atoms with Gasteiger partial charge in [-0.1, -0.05) is 16.8 Å². The number of carbonyl (C=O) groups excluding carboxylic acids is 1. The van der Waals surface area contributed by atoms with E-state index in [1.807, 2.05) is 20.8 Å². The maximum Gasteiger partial charge on any atom is 0.410 e. The van der Waals surface area contributed by atoms with Crippen LogP contribution in [0.4, 0.5) is 4.79 Å². The largest absolute Gasteiger partial charge is 0.491 e. The molecule has 0 radical (unpaired) electrons. The lowest BCUT2D eigenvalue weighted by Crippen LogP contribution is -2.49. The fraction of sp³-hybridized carbons (Fsp3) is 0.517. The van der Waals surface area contributed by atoms with Crippen LogP contribution in [-0.2, 0) is 15.9 Å². The lowest BCUT2D eigenvalue weighted by molar-refractivity contribution is -0.0103. The monoisotopic (exact) mass is 587 g/mol. The predicted molar refractivity (Wildman–Crippen MR) is 154 cm³/mol. The summed E-state index contributed by atoms with van der Waals surface area (Å²) in [6.07, 6.45) is 0.189. The van der Waals surface area contributed by atoms with Gasteiger partial charge >= 0.3 is 6.09 Å². The normalized spacial score (nSPS) is 16.1. The van der Waals surface area contributed by atoms with E-state index in [-0.39, 0.29) is 18.7 Å². The van der Waals surface area contributed by atoms with Crippen molar-refractivity contribution < 1.29 is 28.6 Å². The summed E-state index contributed by atoms with van der Waals surface area (Å²) in [6, 6.07) is 5.10. The highest BCUT2D eigenvalue weighted by Crippen LogP contribution is 2.35. The maximum absolute atomic E-state index is 12.6. The Morgan fingerprint density at radius 3 is 2.80 bits per heavy atom. The molecule has 1 aliphatic rings. The number of hydrogen-bond donors (Lipinski definition) is 2. The van der Waals surface area contributed by atoms with Gasteiger partial charge in [0.2, 0.25) is 0 Å². The molecule has 222 valence electrons. The van der Waals surface area contributed by atoms with Crippen LogP contribution in [0, 0.1) is 20.8 Å². The molecule has 1 fully saturated rings. The third-order valence-electron chi connectivity index (χ3n) is 7.02. The van der Waals surface area contributed by atoms with Gasteiger partial charge < -0.3 is 34.1 Å². The van der Waals surface area contributed by atoms with Crippen LogP contribution in [0.3, 0.4) is 0 Å². The molecule has 1 aliphatic heterocycles. The zero-order valence-corrected chi connectivity index (χ0v) is 25.0. The molecular weight excluding hydrogens is 550 g/mol. The van der Waals surface area contributed by atoms with Gasteiger partial charge in [0.15, 0.2) is 5.82 Å². The van der Waals surface area contributed by atoms with Crippen molar-refractivity contribution in [1.29, 1.82) is 0 Å². The Morgan fingerprint density at radius 2 is 2.10 bits per heavy atom. The van der Waals surface area contributed by atoms with Crippen LogP contribution in [0.2, 0.25) is 5.02 Å². The lowest BCUT2D eigenvalue weighted by Gasteiger charge is -2.34. The van der Waals surface area contributed by atoms with E-state index in [0.717, 1.165) is 22.5 Å².